The first kappa shape index (κ1) is 15.3. The molecule has 6 heteroatoms. The zero-order chi connectivity index (χ0) is 15.2. The molecule has 0 aromatic heterocycles. The molecule has 0 bridgehead atoms. The van der Waals surface area contributed by atoms with Crippen molar-refractivity contribution in [3.05, 3.63) is 58.1 Å². The molecule has 0 aliphatic heterocycles. The smallest absolute Gasteiger partial charge is 0.274 e. The predicted molar refractivity (Wildman–Crippen MR) is 80.8 cm³/mol. The van der Waals surface area contributed by atoms with Crippen molar-refractivity contribution in [3.8, 4) is 5.75 Å². The van der Waals surface area contributed by atoms with E-state index in [4.69, 9.17) is 9.84 Å². The van der Waals surface area contributed by atoms with Crippen LogP contribution in [-0.2, 0) is 6.61 Å². The van der Waals surface area contributed by atoms with Gasteiger partial charge in [0.1, 0.15) is 5.75 Å². The van der Waals surface area contributed by atoms with Crippen molar-refractivity contribution in [2.45, 2.75) is 23.3 Å². The summed E-state index contributed by atoms with van der Waals surface area (Å²) in [5.74, 6) is 0.487. The highest BCUT2D eigenvalue weighted by Gasteiger charge is 2.11. The Morgan fingerprint density at radius 3 is 2.48 bits per heavy atom. The molecule has 0 amide bonds. The minimum absolute atomic E-state index is 0.00373. The summed E-state index contributed by atoms with van der Waals surface area (Å²) in [6, 6.07) is 12.1. The molecule has 1 N–H and O–H groups in total. The van der Waals surface area contributed by atoms with Crippen LogP contribution in [0.5, 0.6) is 5.75 Å². The Hall–Kier alpha value is -2.05. The summed E-state index contributed by atoms with van der Waals surface area (Å²) >= 11 is 1.41. The van der Waals surface area contributed by atoms with Gasteiger partial charge in [-0.2, -0.15) is 0 Å². The first-order valence-electron chi connectivity index (χ1n) is 6.42. The van der Waals surface area contributed by atoms with Gasteiger partial charge < -0.3 is 9.84 Å². The number of nitro groups is 1. The SMILES string of the molecule is CCOc1cc(Sc2ccc(CO)cc2)cc([N+](=O)[O-])c1. The molecule has 0 radical (unpaired) electrons. The third-order valence-electron chi connectivity index (χ3n) is 2.73. The average Bonchev–Trinajstić information content (AvgIpc) is 2.48. The molecule has 21 heavy (non-hydrogen) atoms. The minimum Gasteiger partial charge on any atom is -0.494 e. The molecule has 0 atom stereocenters. The summed E-state index contributed by atoms with van der Waals surface area (Å²) in [6.45, 7) is 2.28. The van der Waals surface area contributed by atoms with E-state index in [1.54, 1.807) is 6.07 Å². The molecule has 0 unspecified atom stereocenters. The summed E-state index contributed by atoms with van der Waals surface area (Å²) in [5, 5.41) is 20.0. The van der Waals surface area contributed by atoms with E-state index in [9.17, 15) is 10.1 Å². The Bertz CT molecular complexity index is 628. The molecule has 0 saturated carbocycles. The van der Waals surface area contributed by atoms with E-state index in [-0.39, 0.29) is 12.3 Å². The van der Waals surface area contributed by atoms with Crippen molar-refractivity contribution in [1.82, 2.24) is 0 Å². The number of benzene rings is 2. The number of hydrogen-bond acceptors (Lipinski definition) is 5. The molecule has 0 saturated heterocycles. The first-order valence-corrected chi connectivity index (χ1v) is 7.24. The van der Waals surface area contributed by atoms with Crippen molar-refractivity contribution < 1.29 is 14.8 Å². The van der Waals surface area contributed by atoms with Gasteiger partial charge in [-0.05, 0) is 30.7 Å². The van der Waals surface area contributed by atoms with Crippen LogP contribution >= 0.6 is 11.8 Å². The maximum absolute atomic E-state index is 11.0. The van der Waals surface area contributed by atoms with Crippen LogP contribution in [0.3, 0.4) is 0 Å². The lowest BCUT2D eigenvalue weighted by atomic mass is 10.2. The van der Waals surface area contributed by atoms with Crippen LogP contribution in [-0.4, -0.2) is 16.6 Å². The van der Waals surface area contributed by atoms with Crippen LogP contribution in [0.4, 0.5) is 5.69 Å². The lowest BCUT2D eigenvalue weighted by Gasteiger charge is -2.07. The van der Waals surface area contributed by atoms with Gasteiger partial charge in [0, 0.05) is 15.9 Å². The molecular formula is C15H15NO4S. The second-order valence-corrected chi connectivity index (χ2v) is 5.40. The molecule has 5 nitrogen and oxygen atoms in total. The fourth-order valence-corrected chi connectivity index (χ4v) is 2.67. The number of ether oxygens (including phenoxy) is 1. The second-order valence-electron chi connectivity index (χ2n) is 4.26. The summed E-state index contributed by atoms with van der Waals surface area (Å²) in [6.07, 6.45) is 0. The number of rotatable bonds is 6. The van der Waals surface area contributed by atoms with Crippen molar-refractivity contribution in [2.24, 2.45) is 0 Å². The third kappa shape index (κ3) is 4.21. The van der Waals surface area contributed by atoms with Gasteiger partial charge in [-0.25, -0.2) is 0 Å². The summed E-state index contributed by atoms with van der Waals surface area (Å²) in [4.78, 5) is 12.2. The number of nitro benzene ring substituents is 1. The maximum atomic E-state index is 11.0. The van der Waals surface area contributed by atoms with Crippen molar-refractivity contribution >= 4 is 17.4 Å². The maximum Gasteiger partial charge on any atom is 0.274 e. The topological polar surface area (TPSA) is 72.6 Å². The van der Waals surface area contributed by atoms with Crippen molar-refractivity contribution in [3.63, 3.8) is 0 Å². The van der Waals surface area contributed by atoms with E-state index >= 15 is 0 Å². The Labute approximate surface area is 126 Å². The molecular weight excluding hydrogens is 290 g/mol. The van der Waals surface area contributed by atoms with Crippen LogP contribution in [0, 0.1) is 10.1 Å². The van der Waals surface area contributed by atoms with Crippen LogP contribution < -0.4 is 4.74 Å². The summed E-state index contributed by atoms with van der Waals surface area (Å²) < 4.78 is 5.36. The number of hydrogen-bond donors (Lipinski definition) is 1. The highest BCUT2D eigenvalue weighted by Crippen LogP contribution is 2.33. The Balaban J connectivity index is 2.26. The van der Waals surface area contributed by atoms with E-state index in [1.165, 1.54) is 23.9 Å². The van der Waals surface area contributed by atoms with E-state index in [0.717, 1.165) is 15.4 Å². The lowest BCUT2D eigenvalue weighted by Crippen LogP contribution is -1.94. The van der Waals surface area contributed by atoms with Gasteiger partial charge in [0.05, 0.1) is 24.2 Å². The van der Waals surface area contributed by atoms with Gasteiger partial charge in [0.2, 0.25) is 0 Å². The van der Waals surface area contributed by atoms with E-state index < -0.39 is 4.92 Å². The van der Waals surface area contributed by atoms with Crippen LogP contribution in [0.1, 0.15) is 12.5 Å². The fraction of sp³-hybridized carbons (Fsp3) is 0.200. The van der Waals surface area contributed by atoms with Crippen LogP contribution in [0.2, 0.25) is 0 Å². The molecule has 0 heterocycles. The molecule has 0 spiro atoms. The minimum atomic E-state index is -0.429. The zero-order valence-electron chi connectivity index (χ0n) is 11.5. The number of nitrogens with zero attached hydrogens (tertiary/aromatic N) is 1. The van der Waals surface area contributed by atoms with Gasteiger partial charge >= 0.3 is 0 Å². The van der Waals surface area contributed by atoms with Crippen LogP contribution in [0.15, 0.2) is 52.3 Å². The molecule has 2 aromatic carbocycles. The molecule has 0 aliphatic rings. The molecule has 0 aliphatic carbocycles. The zero-order valence-corrected chi connectivity index (χ0v) is 12.3. The van der Waals surface area contributed by atoms with E-state index in [0.29, 0.717) is 12.4 Å². The van der Waals surface area contributed by atoms with Crippen LogP contribution in [0.25, 0.3) is 0 Å². The van der Waals surface area contributed by atoms with Crippen molar-refractivity contribution in [2.75, 3.05) is 6.61 Å². The summed E-state index contributed by atoms with van der Waals surface area (Å²) in [5.41, 5.74) is 0.837. The largest absolute Gasteiger partial charge is 0.494 e. The van der Waals surface area contributed by atoms with Gasteiger partial charge in [-0.15, -0.1) is 0 Å². The van der Waals surface area contributed by atoms with E-state index in [2.05, 4.69) is 0 Å². The highest BCUT2D eigenvalue weighted by molar-refractivity contribution is 7.99. The second kappa shape index (κ2) is 7.10. The van der Waals surface area contributed by atoms with Gasteiger partial charge in [-0.3, -0.25) is 10.1 Å². The van der Waals surface area contributed by atoms with Gasteiger partial charge in [0.25, 0.3) is 5.69 Å². The number of aliphatic hydroxyl groups excluding tert-OH is 1. The molecule has 2 aromatic rings. The summed E-state index contributed by atoms with van der Waals surface area (Å²) in [7, 11) is 0. The molecule has 110 valence electrons. The number of non-ortho nitro benzene ring substituents is 1. The van der Waals surface area contributed by atoms with Gasteiger partial charge in [-0.1, -0.05) is 23.9 Å². The molecule has 2 rings (SSSR count). The standard InChI is InChI=1S/C15H15NO4S/c1-2-20-13-7-12(16(18)19)8-15(9-13)21-14-5-3-11(10-17)4-6-14/h3-9,17H,2,10H2,1H3. The Morgan fingerprint density at radius 2 is 1.90 bits per heavy atom. The average molecular weight is 305 g/mol. The third-order valence-corrected chi connectivity index (χ3v) is 3.71. The Kier molecular flexibility index (Phi) is 5.19. The highest BCUT2D eigenvalue weighted by atomic mass is 32.2. The number of aliphatic hydroxyl groups is 1. The monoisotopic (exact) mass is 305 g/mol. The lowest BCUT2D eigenvalue weighted by molar-refractivity contribution is -0.385. The Morgan fingerprint density at radius 1 is 1.19 bits per heavy atom. The normalized spacial score (nSPS) is 10.4. The quantitative estimate of drug-likeness (QED) is 0.651. The molecule has 0 fully saturated rings. The fourth-order valence-electron chi connectivity index (χ4n) is 1.77. The van der Waals surface area contributed by atoms with Gasteiger partial charge in [0.15, 0.2) is 0 Å². The van der Waals surface area contributed by atoms with Crippen molar-refractivity contribution in [1.29, 1.82) is 0 Å². The van der Waals surface area contributed by atoms with E-state index in [1.807, 2.05) is 31.2 Å². The first-order chi connectivity index (χ1) is 10.1. The predicted octanol–water partition coefficient (Wildman–Crippen LogP) is 3.64.